The summed E-state index contributed by atoms with van der Waals surface area (Å²) in [5.41, 5.74) is 0. The van der Waals surface area contributed by atoms with Crippen molar-refractivity contribution in [2.45, 2.75) is 0 Å². The van der Waals surface area contributed by atoms with Crippen molar-refractivity contribution in [3.8, 4) is 0 Å². The number of hydrogen-bond donors (Lipinski definition) is 1. The van der Waals surface area contributed by atoms with Gasteiger partial charge in [0.15, 0.2) is 0 Å². The molecule has 70 valence electrons. The minimum atomic E-state index is -5.94. The molecule has 0 saturated heterocycles. The van der Waals surface area contributed by atoms with E-state index >= 15 is 0 Å². The molecule has 0 amide bonds. The molecule has 0 aromatic heterocycles. The third-order valence-electron chi connectivity index (χ3n) is 0.0860. The van der Waals surface area contributed by atoms with Crippen LogP contribution in [0.5, 0.6) is 0 Å². The summed E-state index contributed by atoms with van der Waals surface area (Å²) in [5.74, 6) is 0. The molecule has 0 aromatic carbocycles. The van der Waals surface area contributed by atoms with Crippen LogP contribution in [0, 0.1) is 0 Å². The van der Waals surface area contributed by atoms with E-state index in [2.05, 4.69) is 4.33 Å². The Balaban J connectivity index is -0.0000000546. The van der Waals surface area contributed by atoms with Gasteiger partial charge in [-0.15, -0.1) is 0 Å². The smallest absolute Gasteiger partial charge is 0.705 e. The normalized spacial score (nSPS) is 10.0. The molecule has 0 saturated carbocycles. The minimum Gasteiger partial charge on any atom is -0.705 e. The summed E-state index contributed by atoms with van der Waals surface area (Å²) in [5, 5.41) is 8.61. The first-order chi connectivity index (χ1) is 4.56. The van der Waals surface area contributed by atoms with Gasteiger partial charge in [-0.2, -0.15) is 8.42 Å². The van der Waals surface area contributed by atoms with E-state index < -0.39 is 30.5 Å². The molecule has 0 spiro atoms. The summed E-state index contributed by atoms with van der Waals surface area (Å²) in [6, 6.07) is 0. The maximum Gasteiger partial charge on any atom is 1.00 e. The maximum absolute atomic E-state index is 9.02. The number of halogens is 1. The van der Waals surface area contributed by atoms with Gasteiger partial charge in [0.05, 0.1) is 0 Å². The molecule has 0 aliphatic rings. The fourth-order valence-electron chi connectivity index (χ4n) is 0. The van der Waals surface area contributed by atoms with Crippen LogP contribution in [0.15, 0.2) is 0 Å². The maximum atomic E-state index is 9.02. The molecule has 0 aliphatic carbocycles. The Morgan fingerprint density at radius 1 is 1.15 bits per heavy atom. The predicted molar refractivity (Wildman–Crippen MR) is 12.6 cm³/mol. The topological polar surface area (TPSA) is 179 Å². The Labute approximate surface area is 144 Å². The summed E-state index contributed by atoms with van der Waals surface area (Å²) in [7, 11) is -4.72. The van der Waals surface area contributed by atoms with E-state index in [9.17, 15) is 0 Å². The molecule has 0 aliphatic heterocycles. The van der Waals surface area contributed by atoms with Gasteiger partial charge in [0, 0.05) is 0 Å². The summed E-state index contributed by atoms with van der Waals surface area (Å²) in [4.78, 5) is 0. The van der Waals surface area contributed by atoms with Crippen LogP contribution in [0.2, 0.25) is 0 Å². The van der Waals surface area contributed by atoms with Gasteiger partial charge in [0.25, 0.3) is 0 Å². The third-order valence-corrected chi connectivity index (χ3v) is 0.258. The number of hydrogen-bond acceptors (Lipinski definition) is 8. The Morgan fingerprint density at radius 2 is 1.23 bits per heavy atom. The van der Waals surface area contributed by atoms with Crippen LogP contribution in [0.4, 0.5) is 0 Å². The van der Waals surface area contributed by atoms with Crippen LogP contribution in [-0.2, 0) is 14.7 Å². The SMILES string of the molecule is O=S(=O)(O)O[O-].[K+].[Na+].[O-][I+3]([O-])([O-])[O-]. The monoisotopic (exact) mass is 366 g/mol. The third kappa shape index (κ3) is 70.1. The summed E-state index contributed by atoms with van der Waals surface area (Å²) >= 11 is -5.94. The second-order valence-corrected chi connectivity index (χ2v) is 4.02. The zero-order chi connectivity index (χ0) is 9.71. The van der Waals surface area contributed by atoms with Crippen molar-refractivity contribution >= 4 is 10.4 Å². The molecule has 0 bridgehead atoms. The van der Waals surface area contributed by atoms with E-state index in [1.165, 1.54) is 0 Å². The molecule has 1 N–H and O–H groups in total. The Hall–Kier alpha value is 3.04. The molecular formula is HIKNaO9S. The quantitative estimate of drug-likeness (QED) is 0.155. The van der Waals surface area contributed by atoms with Gasteiger partial charge in [0.2, 0.25) is 0 Å². The standard InChI is InChI=1S/IO4.K.Na.H2O5S/c2-1(3,4)5;;;1-5-6(2,3)4/h;;;1H,(H,2,3,4)/q-1;2*+1;/p-1. The first-order valence-corrected chi connectivity index (χ1v) is 6.35. The average Bonchev–Trinajstić information content (AvgIpc) is 1.59. The van der Waals surface area contributed by atoms with E-state index in [1.54, 1.807) is 0 Å². The van der Waals surface area contributed by atoms with E-state index in [0.29, 0.717) is 0 Å². The Morgan fingerprint density at radius 3 is 1.23 bits per heavy atom. The average molecular weight is 366 g/mol. The first kappa shape index (κ1) is 25.0. The van der Waals surface area contributed by atoms with Crippen LogP contribution in [-0.4, -0.2) is 13.0 Å². The second-order valence-electron chi connectivity index (χ2n) is 0.874. The molecule has 0 radical (unpaired) electrons. The zero-order valence-electron chi connectivity index (χ0n) is 6.50. The van der Waals surface area contributed by atoms with E-state index in [-0.39, 0.29) is 80.9 Å². The fourth-order valence-corrected chi connectivity index (χ4v) is 0. The van der Waals surface area contributed by atoms with Crippen molar-refractivity contribution in [1.82, 2.24) is 0 Å². The van der Waals surface area contributed by atoms with E-state index in [4.69, 9.17) is 32.0 Å². The Bertz CT molecular complexity index is 174. The fraction of sp³-hybridized carbons (Fsp3) is 0. The molecule has 0 fully saturated rings. The van der Waals surface area contributed by atoms with Crippen molar-refractivity contribution in [2.75, 3.05) is 0 Å². The largest absolute Gasteiger partial charge is 1.00 e. The van der Waals surface area contributed by atoms with Gasteiger partial charge in [-0.3, -0.25) is 18.3 Å². The van der Waals surface area contributed by atoms with E-state index in [1.807, 2.05) is 0 Å². The van der Waals surface area contributed by atoms with Gasteiger partial charge in [-0.1, -0.05) is 0 Å². The first-order valence-electron chi connectivity index (χ1n) is 1.47. The molecule has 0 heterocycles. The van der Waals surface area contributed by atoms with Gasteiger partial charge < -0.3 is 9.59 Å². The van der Waals surface area contributed by atoms with Gasteiger partial charge >= 0.3 is 91.3 Å². The summed E-state index contributed by atoms with van der Waals surface area (Å²) < 4.78 is 62.0. The van der Waals surface area contributed by atoms with Crippen LogP contribution >= 0.6 is 0 Å². The molecular weight excluding hydrogens is 365 g/mol. The molecule has 13 heteroatoms. The molecule has 0 atom stereocenters. The van der Waals surface area contributed by atoms with Crippen molar-refractivity contribution in [3.63, 3.8) is 0 Å². The zero-order valence-corrected chi connectivity index (χ0v) is 14.6. The summed E-state index contributed by atoms with van der Waals surface area (Å²) in [6.45, 7) is 0. The molecule has 0 rings (SSSR count). The van der Waals surface area contributed by atoms with E-state index in [0.717, 1.165) is 0 Å². The molecule has 9 nitrogen and oxygen atoms in total. The van der Waals surface area contributed by atoms with Crippen molar-refractivity contribution in [1.29, 1.82) is 0 Å². The number of rotatable bonds is 1. The van der Waals surface area contributed by atoms with Crippen molar-refractivity contribution in [2.24, 2.45) is 0 Å². The van der Waals surface area contributed by atoms with Crippen molar-refractivity contribution in [3.05, 3.63) is 0 Å². The van der Waals surface area contributed by atoms with Crippen LogP contribution in [0.25, 0.3) is 0 Å². The summed E-state index contributed by atoms with van der Waals surface area (Å²) in [6.07, 6.45) is 0. The molecule has 13 heavy (non-hydrogen) atoms. The van der Waals surface area contributed by atoms with Gasteiger partial charge in [-0.25, -0.2) is 0 Å². The van der Waals surface area contributed by atoms with Gasteiger partial charge in [0.1, 0.15) is 20.1 Å². The van der Waals surface area contributed by atoms with Crippen molar-refractivity contribution < 1.29 is 137 Å². The van der Waals surface area contributed by atoms with Crippen LogP contribution in [0.1, 0.15) is 0 Å². The predicted octanol–water partition coefficient (Wildman–Crippen LogP) is -15.7. The Kier molecular flexibility index (Phi) is 22.2. The van der Waals surface area contributed by atoms with Crippen LogP contribution in [0.3, 0.4) is 0 Å². The minimum absolute atomic E-state index is 0. The van der Waals surface area contributed by atoms with Gasteiger partial charge in [-0.05, 0) is 0 Å². The second kappa shape index (κ2) is 11.5. The molecule has 0 unspecified atom stereocenters. The van der Waals surface area contributed by atoms with Crippen LogP contribution < -0.4 is 120 Å². The molecule has 0 aromatic rings.